The minimum absolute atomic E-state index is 0.151. The smallest absolute Gasteiger partial charge is 0.251 e. The van der Waals surface area contributed by atoms with E-state index in [0.29, 0.717) is 23.2 Å². The Hall–Kier alpha value is -3.45. The van der Waals surface area contributed by atoms with Crippen LogP contribution in [0.25, 0.3) is 11.1 Å². The molecule has 0 saturated carbocycles. The van der Waals surface area contributed by atoms with Gasteiger partial charge in [-0.1, -0.05) is 24.3 Å². The molecule has 1 N–H and O–H groups in total. The largest absolute Gasteiger partial charge is 0.495 e. The molecule has 0 bridgehead atoms. The van der Waals surface area contributed by atoms with Crippen LogP contribution in [0.2, 0.25) is 0 Å². The van der Waals surface area contributed by atoms with E-state index in [9.17, 15) is 13.6 Å². The molecular weight excluding hydrogens is 448 g/mol. The summed E-state index contributed by atoms with van der Waals surface area (Å²) in [5, 5.41) is 2.95. The molecule has 0 atom stereocenters. The number of unbranched alkanes of at least 4 members (excludes halogenated alkanes) is 1. The molecule has 1 aliphatic rings. The molecule has 0 aliphatic carbocycles. The van der Waals surface area contributed by atoms with E-state index < -0.39 is 11.6 Å². The molecule has 1 amide bonds. The van der Waals surface area contributed by atoms with Crippen molar-refractivity contribution in [1.82, 2.24) is 10.2 Å². The van der Waals surface area contributed by atoms with E-state index in [1.165, 1.54) is 12.1 Å². The van der Waals surface area contributed by atoms with Gasteiger partial charge in [0, 0.05) is 49.9 Å². The Morgan fingerprint density at radius 3 is 2.40 bits per heavy atom. The third-order valence-electron chi connectivity index (χ3n) is 6.37. The second kappa shape index (κ2) is 11.8. The van der Waals surface area contributed by atoms with Gasteiger partial charge >= 0.3 is 0 Å². The predicted octanol–water partition coefficient (Wildman–Crippen LogP) is 4.97. The summed E-state index contributed by atoms with van der Waals surface area (Å²) < 4.78 is 32.6. The number of nitrogens with one attached hydrogen (secondary N) is 1. The molecule has 3 aromatic carbocycles. The molecule has 5 nitrogen and oxygen atoms in total. The molecule has 0 aromatic heterocycles. The lowest BCUT2D eigenvalue weighted by molar-refractivity contribution is 0.0952. The summed E-state index contributed by atoms with van der Waals surface area (Å²) in [5.41, 5.74) is 2.57. The van der Waals surface area contributed by atoms with Gasteiger partial charge in [0.1, 0.15) is 17.4 Å². The molecule has 1 fully saturated rings. The van der Waals surface area contributed by atoms with E-state index in [4.69, 9.17) is 4.74 Å². The van der Waals surface area contributed by atoms with Crippen molar-refractivity contribution in [3.63, 3.8) is 0 Å². The molecule has 4 rings (SSSR count). The quantitative estimate of drug-likeness (QED) is 0.440. The first kappa shape index (κ1) is 24.7. The van der Waals surface area contributed by atoms with E-state index in [1.807, 2.05) is 18.2 Å². The van der Waals surface area contributed by atoms with Crippen LogP contribution in [0.1, 0.15) is 23.2 Å². The van der Waals surface area contributed by atoms with E-state index in [2.05, 4.69) is 21.2 Å². The number of halogens is 2. The number of rotatable bonds is 9. The van der Waals surface area contributed by atoms with Crippen LogP contribution in [0.5, 0.6) is 5.75 Å². The summed E-state index contributed by atoms with van der Waals surface area (Å²) in [7, 11) is 1.71. The second-order valence-electron chi connectivity index (χ2n) is 8.67. The van der Waals surface area contributed by atoms with Crippen molar-refractivity contribution in [1.29, 1.82) is 0 Å². The highest BCUT2D eigenvalue weighted by atomic mass is 19.1. The van der Waals surface area contributed by atoms with Crippen LogP contribution in [-0.4, -0.2) is 57.2 Å². The fourth-order valence-electron chi connectivity index (χ4n) is 4.39. The molecule has 0 radical (unpaired) electrons. The number of ether oxygens (including phenoxy) is 1. The molecular formula is C28H31F2N3O2. The number of para-hydroxylation sites is 2. The molecule has 1 saturated heterocycles. The van der Waals surface area contributed by atoms with Gasteiger partial charge in [0.25, 0.3) is 5.91 Å². The summed E-state index contributed by atoms with van der Waals surface area (Å²) in [4.78, 5) is 17.3. The summed E-state index contributed by atoms with van der Waals surface area (Å²) in [6.07, 6.45) is 1.91. The first-order valence-electron chi connectivity index (χ1n) is 12.0. The molecule has 0 unspecified atom stereocenters. The lowest BCUT2D eigenvalue weighted by Crippen LogP contribution is -2.46. The fraction of sp³-hybridized carbons (Fsp3) is 0.321. The summed E-state index contributed by atoms with van der Waals surface area (Å²) in [5.74, 6) is -0.476. The van der Waals surface area contributed by atoms with E-state index in [1.54, 1.807) is 31.4 Å². The summed E-state index contributed by atoms with van der Waals surface area (Å²) in [6, 6.07) is 18.3. The topological polar surface area (TPSA) is 44.8 Å². The van der Waals surface area contributed by atoms with Crippen molar-refractivity contribution in [3.05, 3.63) is 83.9 Å². The SMILES string of the molecule is COc1ccccc1N1CCN(CCCCNC(=O)c2ccc(-c3ccc(F)cc3F)cc2)CC1. The predicted molar refractivity (Wildman–Crippen MR) is 135 cm³/mol. The van der Waals surface area contributed by atoms with Gasteiger partial charge in [-0.2, -0.15) is 0 Å². The molecule has 184 valence electrons. The van der Waals surface area contributed by atoms with Crippen molar-refractivity contribution >= 4 is 11.6 Å². The van der Waals surface area contributed by atoms with E-state index in [-0.39, 0.29) is 5.91 Å². The van der Waals surface area contributed by atoms with Gasteiger partial charge in [-0.3, -0.25) is 9.69 Å². The Balaban J connectivity index is 1.16. The van der Waals surface area contributed by atoms with Gasteiger partial charge in [-0.25, -0.2) is 8.78 Å². The van der Waals surface area contributed by atoms with E-state index >= 15 is 0 Å². The van der Waals surface area contributed by atoms with Crippen molar-refractivity contribution < 1.29 is 18.3 Å². The van der Waals surface area contributed by atoms with Crippen LogP contribution >= 0.6 is 0 Å². The van der Waals surface area contributed by atoms with Crippen LogP contribution in [-0.2, 0) is 0 Å². The molecule has 3 aromatic rings. The number of benzene rings is 3. The number of hydrogen-bond donors (Lipinski definition) is 1. The second-order valence-corrected chi connectivity index (χ2v) is 8.67. The zero-order valence-corrected chi connectivity index (χ0v) is 20.0. The van der Waals surface area contributed by atoms with Crippen molar-refractivity contribution in [2.75, 3.05) is 51.3 Å². The first-order chi connectivity index (χ1) is 17.0. The minimum atomic E-state index is -0.622. The maximum atomic E-state index is 14.0. The van der Waals surface area contributed by atoms with E-state index in [0.717, 1.165) is 63.1 Å². The number of piperazine rings is 1. The summed E-state index contributed by atoms with van der Waals surface area (Å²) >= 11 is 0. The Bertz CT molecular complexity index is 1130. The number of methoxy groups -OCH3 is 1. The monoisotopic (exact) mass is 479 g/mol. The van der Waals surface area contributed by atoms with Crippen LogP contribution in [0.15, 0.2) is 66.7 Å². The fourth-order valence-corrected chi connectivity index (χ4v) is 4.39. The number of carbonyl (C=O) groups excluding carboxylic acids is 1. The average Bonchev–Trinajstić information content (AvgIpc) is 2.89. The van der Waals surface area contributed by atoms with Crippen molar-refractivity contribution in [2.24, 2.45) is 0 Å². The number of anilines is 1. The highest BCUT2D eigenvalue weighted by molar-refractivity contribution is 5.94. The zero-order valence-electron chi connectivity index (χ0n) is 20.0. The Labute approximate surface area is 205 Å². The number of hydrogen-bond acceptors (Lipinski definition) is 4. The normalized spacial score (nSPS) is 14.1. The molecule has 0 spiro atoms. The minimum Gasteiger partial charge on any atom is -0.495 e. The standard InChI is InChI=1S/C28H31F2N3O2/c1-35-27-7-3-2-6-26(27)33-18-16-32(17-19-33)15-5-4-14-31-28(34)22-10-8-21(9-11-22)24-13-12-23(29)20-25(24)30/h2-3,6-13,20H,4-5,14-19H2,1H3,(H,31,34). The van der Waals surface area contributed by atoms with Gasteiger partial charge < -0.3 is 15.0 Å². The lowest BCUT2D eigenvalue weighted by Gasteiger charge is -2.36. The lowest BCUT2D eigenvalue weighted by atomic mass is 10.0. The number of nitrogens with zero attached hydrogens (tertiary/aromatic N) is 2. The maximum absolute atomic E-state index is 14.0. The maximum Gasteiger partial charge on any atom is 0.251 e. The molecule has 7 heteroatoms. The van der Waals surface area contributed by atoms with Crippen LogP contribution in [0.4, 0.5) is 14.5 Å². The van der Waals surface area contributed by atoms with Crippen molar-refractivity contribution in [2.45, 2.75) is 12.8 Å². The Morgan fingerprint density at radius 1 is 0.943 bits per heavy atom. The van der Waals surface area contributed by atoms with Gasteiger partial charge in [0.2, 0.25) is 0 Å². The third-order valence-corrected chi connectivity index (χ3v) is 6.37. The van der Waals surface area contributed by atoms with Gasteiger partial charge in [0.05, 0.1) is 12.8 Å². The molecule has 1 heterocycles. The third kappa shape index (κ3) is 6.36. The van der Waals surface area contributed by atoms with Crippen LogP contribution in [0.3, 0.4) is 0 Å². The summed E-state index contributed by atoms with van der Waals surface area (Å²) in [6.45, 7) is 5.56. The highest BCUT2D eigenvalue weighted by Gasteiger charge is 2.19. The Kier molecular flexibility index (Phi) is 8.32. The van der Waals surface area contributed by atoms with Gasteiger partial charge in [0.15, 0.2) is 0 Å². The number of amides is 1. The zero-order chi connectivity index (χ0) is 24.6. The van der Waals surface area contributed by atoms with Crippen LogP contribution < -0.4 is 15.0 Å². The molecule has 1 aliphatic heterocycles. The molecule has 35 heavy (non-hydrogen) atoms. The first-order valence-corrected chi connectivity index (χ1v) is 12.0. The average molecular weight is 480 g/mol. The van der Waals surface area contributed by atoms with Gasteiger partial charge in [-0.15, -0.1) is 0 Å². The number of carbonyl (C=O) groups is 1. The van der Waals surface area contributed by atoms with Gasteiger partial charge in [-0.05, 0) is 61.3 Å². The van der Waals surface area contributed by atoms with Crippen molar-refractivity contribution in [3.8, 4) is 16.9 Å². The van der Waals surface area contributed by atoms with Crippen LogP contribution in [0, 0.1) is 11.6 Å². The Morgan fingerprint density at radius 2 is 1.69 bits per heavy atom. The highest BCUT2D eigenvalue weighted by Crippen LogP contribution is 2.28.